The van der Waals surface area contributed by atoms with Gasteiger partial charge in [0.05, 0.1) is 31.3 Å². The summed E-state index contributed by atoms with van der Waals surface area (Å²) in [6, 6.07) is -1.37. The summed E-state index contributed by atoms with van der Waals surface area (Å²) in [5.74, 6) is -1.04. The topological polar surface area (TPSA) is 204 Å². The van der Waals surface area contributed by atoms with E-state index in [1.807, 2.05) is 0 Å². The summed E-state index contributed by atoms with van der Waals surface area (Å²) < 4.78 is 55.6. The quantitative estimate of drug-likeness (QED) is 0.267. The van der Waals surface area contributed by atoms with Crippen LogP contribution in [-0.2, 0) is 28.6 Å². The zero-order valence-electron chi connectivity index (χ0n) is 20.9. The van der Waals surface area contributed by atoms with Gasteiger partial charge < -0.3 is 24.4 Å². The lowest BCUT2D eigenvalue weighted by Crippen LogP contribution is -2.50. The molecule has 4 amide bonds. The minimum absolute atomic E-state index is 0.0112. The fourth-order valence-electron chi connectivity index (χ4n) is 3.42. The van der Waals surface area contributed by atoms with Gasteiger partial charge in [0.1, 0.15) is 11.8 Å². The zero-order chi connectivity index (χ0) is 27.5. The van der Waals surface area contributed by atoms with Crippen molar-refractivity contribution in [2.75, 3.05) is 25.9 Å². The Morgan fingerprint density at radius 3 is 2.24 bits per heavy atom. The molecule has 0 aromatic carbocycles. The highest BCUT2D eigenvalue weighted by atomic mass is 32.2. The predicted octanol–water partition coefficient (Wildman–Crippen LogP) is 1.36. The van der Waals surface area contributed by atoms with E-state index < -0.39 is 41.9 Å². The van der Waals surface area contributed by atoms with E-state index in [9.17, 15) is 27.4 Å². The first-order valence-electron chi connectivity index (χ1n) is 11.7. The number of hydrogen-bond donors (Lipinski definition) is 4. The molecule has 0 unspecified atom stereocenters. The highest BCUT2D eigenvalue weighted by Crippen LogP contribution is 2.47. The molecule has 17 heteroatoms. The summed E-state index contributed by atoms with van der Waals surface area (Å²) in [5.41, 5.74) is 0.320. The molecule has 1 aromatic rings. The van der Waals surface area contributed by atoms with E-state index in [-0.39, 0.29) is 37.7 Å². The molecule has 1 aromatic heterocycles. The van der Waals surface area contributed by atoms with Gasteiger partial charge in [0, 0.05) is 18.8 Å². The molecule has 2 rings (SSSR count). The average Bonchev–Trinajstić information content (AvgIpc) is 2.80. The Labute approximate surface area is 215 Å². The Hall–Kier alpha value is -2.81. The van der Waals surface area contributed by atoms with Crippen LogP contribution in [0.3, 0.4) is 0 Å². The summed E-state index contributed by atoms with van der Waals surface area (Å²) in [7, 11) is -7.76. The summed E-state index contributed by atoms with van der Waals surface area (Å²) >= 11 is 0. The minimum atomic E-state index is -4.49. The molecular formula is C20H33N6O9PS. The van der Waals surface area contributed by atoms with E-state index in [0.29, 0.717) is 31.4 Å². The van der Waals surface area contributed by atoms with Crippen molar-refractivity contribution in [3.05, 3.63) is 23.8 Å². The van der Waals surface area contributed by atoms with Gasteiger partial charge in [-0.25, -0.2) is 24.0 Å². The molecule has 1 saturated carbocycles. The molecular weight excluding hydrogens is 531 g/mol. The third-order valence-corrected chi connectivity index (χ3v) is 8.04. The number of ether oxygens (including phenoxy) is 1. The second-order valence-electron chi connectivity index (χ2n) is 8.03. The summed E-state index contributed by atoms with van der Waals surface area (Å²) in [6.07, 6.45) is 3.09. The van der Waals surface area contributed by atoms with Crippen molar-refractivity contribution in [3.8, 4) is 0 Å². The Morgan fingerprint density at radius 2 is 1.68 bits per heavy atom. The molecule has 0 bridgehead atoms. The van der Waals surface area contributed by atoms with E-state index in [0.717, 1.165) is 6.20 Å². The molecule has 0 aliphatic heterocycles. The number of alkyl carbamates (subject to hydrolysis) is 1. The van der Waals surface area contributed by atoms with Gasteiger partial charge in [0.25, 0.3) is 5.91 Å². The summed E-state index contributed by atoms with van der Waals surface area (Å²) in [4.78, 5) is 43.8. The van der Waals surface area contributed by atoms with Crippen molar-refractivity contribution in [1.29, 1.82) is 0 Å². The maximum atomic E-state index is 12.4. The van der Waals surface area contributed by atoms with Crippen LogP contribution in [0.2, 0.25) is 0 Å². The lowest BCUT2D eigenvalue weighted by atomic mass is 9.93. The third kappa shape index (κ3) is 11.0. The SMILES string of the molecule is CCOP(=O)(CCNC(=O)OC1CCC(NC(=O)NS(=O)(=O)NC(=O)c2cnc(C)cn2)CC1)OCC. The first-order valence-corrected chi connectivity index (χ1v) is 14.9. The summed E-state index contributed by atoms with van der Waals surface area (Å²) in [6.45, 7) is 5.54. The van der Waals surface area contributed by atoms with Crippen LogP contribution in [0.4, 0.5) is 9.59 Å². The molecule has 4 N–H and O–H groups in total. The Balaban J connectivity index is 1.70. The van der Waals surface area contributed by atoms with Gasteiger partial charge in [-0.15, -0.1) is 0 Å². The fourth-order valence-corrected chi connectivity index (χ4v) is 5.63. The predicted molar refractivity (Wildman–Crippen MR) is 131 cm³/mol. The van der Waals surface area contributed by atoms with E-state index in [1.54, 1.807) is 30.2 Å². The average molecular weight is 565 g/mol. The van der Waals surface area contributed by atoms with Crippen LogP contribution in [-0.4, -0.2) is 74.5 Å². The molecule has 1 heterocycles. The molecule has 0 saturated heterocycles. The number of rotatable bonds is 12. The lowest BCUT2D eigenvalue weighted by molar-refractivity contribution is 0.0698. The van der Waals surface area contributed by atoms with Crippen LogP contribution < -0.4 is 20.1 Å². The van der Waals surface area contributed by atoms with Crippen molar-refractivity contribution in [1.82, 2.24) is 30.0 Å². The molecule has 0 radical (unpaired) electrons. The van der Waals surface area contributed by atoms with E-state index in [1.165, 1.54) is 6.20 Å². The number of nitrogens with one attached hydrogen (secondary N) is 4. The number of urea groups is 1. The number of aryl methyl sites for hydroxylation is 1. The maximum absolute atomic E-state index is 12.4. The van der Waals surface area contributed by atoms with Crippen LogP contribution >= 0.6 is 7.60 Å². The molecule has 1 aliphatic rings. The number of hydrogen-bond acceptors (Lipinski definition) is 11. The van der Waals surface area contributed by atoms with Gasteiger partial charge in [-0.3, -0.25) is 14.3 Å². The van der Waals surface area contributed by atoms with Crippen LogP contribution in [0.25, 0.3) is 0 Å². The second kappa shape index (κ2) is 14.2. The van der Waals surface area contributed by atoms with Crippen molar-refractivity contribution < 1.29 is 41.2 Å². The molecule has 0 atom stereocenters. The van der Waals surface area contributed by atoms with Crippen LogP contribution in [0.5, 0.6) is 0 Å². The standard InChI is InChI=1S/C20H33N6O9PS/c1-4-33-36(30,34-5-2)11-10-21-20(29)35-16-8-6-15(7-9-16)24-19(28)26-37(31,32)25-18(27)17-13-22-14(3)12-23-17/h12-13,15-16H,4-11H2,1-3H3,(H,21,29)(H,25,27)(H2,24,26,28). The van der Waals surface area contributed by atoms with E-state index in [4.69, 9.17) is 13.8 Å². The maximum Gasteiger partial charge on any atom is 0.407 e. The first-order chi connectivity index (χ1) is 17.4. The van der Waals surface area contributed by atoms with Gasteiger partial charge in [0.15, 0.2) is 0 Å². The monoisotopic (exact) mass is 564 g/mol. The van der Waals surface area contributed by atoms with Gasteiger partial charge >= 0.3 is 29.9 Å². The molecule has 208 valence electrons. The summed E-state index contributed by atoms with van der Waals surface area (Å²) in [5, 5.41) is 5.04. The highest BCUT2D eigenvalue weighted by Gasteiger charge is 2.28. The van der Waals surface area contributed by atoms with Crippen molar-refractivity contribution in [2.45, 2.75) is 58.6 Å². The van der Waals surface area contributed by atoms with Crippen LogP contribution in [0.1, 0.15) is 55.7 Å². The first kappa shape index (κ1) is 30.4. The van der Waals surface area contributed by atoms with Crippen LogP contribution in [0.15, 0.2) is 12.4 Å². The molecule has 37 heavy (non-hydrogen) atoms. The molecule has 15 nitrogen and oxygen atoms in total. The number of carbonyl (C=O) groups excluding carboxylic acids is 3. The second-order valence-corrected chi connectivity index (χ2v) is 11.6. The smallest absolute Gasteiger partial charge is 0.407 e. The Morgan fingerprint density at radius 1 is 1.03 bits per heavy atom. The Kier molecular flexibility index (Phi) is 11.7. The van der Waals surface area contributed by atoms with Crippen molar-refractivity contribution in [3.63, 3.8) is 0 Å². The van der Waals surface area contributed by atoms with Gasteiger partial charge in [-0.05, 0) is 46.5 Å². The number of aromatic nitrogens is 2. The van der Waals surface area contributed by atoms with Crippen molar-refractivity contribution in [2.24, 2.45) is 0 Å². The highest BCUT2D eigenvalue weighted by molar-refractivity contribution is 7.88. The van der Waals surface area contributed by atoms with Crippen molar-refractivity contribution >= 4 is 35.8 Å². The normalized spacial score (nSPS) is 17.9. The third-order valence-electron chi connectivity index (χ3n) is 5.06. The van der Waals surface area contributed by atoms with E-state index in [2.05, 4.69) is 20.6 Å². The Bertz CT molecular complexity index is 1070. The minimum Gasteiger partial charge on any atom is -0.446 e. The largest absolute Gasteiger partial charge is 0.446 e. The molecule has 1 fully saturated rings. The van der Waals surface area contributed by atoms with Gasteiger partial charge in [0.2, 0.25) is 0 Å². The van der Waals surface area contributed by atoms with Crippen LogP contribution in [0, 0.1) is 6.92 Å². The lowest BCUT2D eigenvalue weighted by Gasteiger charge is -2.28. The fraction of sp³-hybridized carbons (Fsp3) is 0.650. The van der Waals surface area contributed by atoms with E-state index >= 15 is 0 Å². The number of carbonyl (C=O) groups is 3. The number of nitrogens with zero attached hydrogens (tertiary/aromatic N) is 2. The van der Waals surface area contributed by atoms with Gasteiger partial charge in [-0.2, -0.15) is 8.42 Å². The molecule has 0 spiro atoms. The zero-order valence-corrected chi connectivity index (χ0v) is 22.6. The molecule has 1 aliphatic carbocycles. The van der Waals surface area contributed by atoms with Gasteiger partial charge in [-0.1, -0.05) is 0 Å². The number of amides is 4.